The molecule has 0 aliphatic rings. The van der Waals surface area contributed by atoms with Gasteiger partial charge in [0.2, 0.25) is 0 Å². The molecule has 2 aromatic carbocycles. The Balaban J connectivity index is 1.54. The van der Waals surface area contributed by atoms with Crippen LogP contribution < -0.4 is 5.32 Å². The Morgan fingerprint density at radius 2 is 1.92 bits per heavy atom. The normalized spacial score (nSPS) is 10.7. The van der Waals surface area contributed by atoms with E-state index < -0.39 is 11.7 Å². The van der Waals surface area contributed by atoms with Crippen molar-refractivity contribution < 1.29 is 18.3 Å². The number of carbonyl (C=O) groups is 1. The van der Waals surface area contributed by atoms with E-state index in [-0.39, 0.29) is 17.1 Å². The van der Waals surface area contributed by atoms with E-state index in [2.05, 4.69) is 5.32 Å². The van der Waals surface area contributed by atoms with Crippen molar-refractivity contribution in [1.29, 1.82) is 0 Å². The molecule has 1 aromatic heterocycles. The molecule has 1 N–H and O–H groups in total. The smallest absolute Gasteiger partial charge is 0.254 e. The van der Waals surface area contributed by atoms with Gasteiger partial charge < -0.3 is 14.5 Å². The fraction of sp³-hybridized carbons (Fsp3) is 0.150. The van der Waals surface area contributed by atoms with Crippen molar-refractivity contribution in [1.82, 2.24) is 5.32 Å². The van der Waals surface area contributed by atoms with Crippen LogP contribution in [-0.4, -0.2) is 5.91 Å². The molecule has 0 unspecified atom stereocenters. The summed E-state index contributed by atoms with van der Waals surface area (Å²) in [6, 6.07) is 15.3. The number of nitrogens with one attached hydrogen (secondary N) is 1. The van der Waals surface area contributed by atoms with Crippen LogP contribution in [-0.2, 0) is 24.5 Å². The van der Waals surface area contributed by atoms with E-state index in [1.54, 1.807) is 6.26 Å². The zero-order valence-electron chi connectivity index (χ0n) is 13.9. The Morgan fingerprint density at radius 3 is 2.69 bits per heavy atom. The number of hydrogen-bond donors (Lipinski definition) is 1. The van der Waals surface area contributed by atoms with E-state index in [1.165, 1.54) is 12.1 Å². The fourth-order valence-corrected chi connectivity index (χ4v) is 2.60. The number of carbonyl (C=O) groups excluding carboxylic acids is 1. The Bertz CT molecular complexity index is 881. The average Bonchev–Trinajstić information content (AvgIpc) is 3.13. The molecule has 6 heteroatoms. The molecule has 0 aliphatic carbocycles. The van der Waals surface area contributed by atoms with Gasteiger partial charge in [-0.3, -0.25) is 4.79 Å². The summed E-state index contributed by atoms with van der Waals surface area (Å²) < 4.78 is 24.6. The van der Waals surface area contributed by atoms with Gasteiger partial charge in [0.25, 0.3) is 5.91 Å². The predicted molar refractivity (Wildman–Crippen MR) is 96.2 cm³/mol. The van der Waals surface area contributed by atoms with Crippen LogP contribution in [0.4, 0.5) is 4.39 Å². The summed E-state index contributed by atoms with van der Waals surface area (Å²) in [6.45, 7) is 1.10. The SMILES string of the molecule is O=C(NCc1cccc(COCc2ccco2)c1)c1ccc(Cl)cc1F. The van der Waals surface area contributed by atoms with Crippen molar-refractivity contribution in [3.63, 3.8) is 0 Å². The molecule has 0 aliphatic heterocycles. The van der Waals surface area contributed by atoms with Gasteiger partial charge in [-0.25, -0.2) is 4.39 Å². The molecule has 1 amide bonds. The van der Waals surface area contributed by atoms with Crippen LogP contribution in [0.3, 0.4) is 0 Å². The molecule has 0 saturated carbocycles. The highest BCUT2D eigenvalue weighted by Gasteiger charge is 2.11. The van der Waals surface area contributed by atoms with E-state index in [1.807, 2.05) is 36.4 Å². The maximum Gasteiger partial charge on any atom is 0.254 e. The van der Waals surface area contributed by atoms with E-state index >= 15 is 0 Å². The molecule has 1 heterocycles. The summed E-state index contributed by atoms with van der Waals surface area (Å²) in [4.78, 5) is 12.1. The van der Waals surface area contributed by atoms with Gasteiger partial charge in [-0.2, -0.15) is 0 Å². The van der Waals surface area contributed by atoms with E-state index in [4.69, 9.17) is 20.8 Å². The van der Waals surface area contributed by atoms with E-state index in [0.717, 1.165) is 23.0 Å². The van der Waals surface area contributed by atoms with Crippen LogP contribution in [0.25, 0.3) is 0 Å². The lowest BCUT2D eigenvalue weighted by Gasteiger charge is -2.08. The van der Waals surface area contributed by atoms with Gasteiger partial charge >= 0.3 is 0 Å². The number of hydrogen-bond acceptors (Lipinski definition) is 3. The highest BCUT2D eigenvalue weighted by atomic mass is 35.5. The summed E-state index contributed by atoms with van der Waals surface area (Å²) in [5, 5.41) is 2.95. The summed E-state index contributed by atoms with van der Waals surface area (Å²) in [6.07, 6.45) is 1.60. The highest BCUT2D eigenvalue weighted by Crippen LogP contribution is 2.15. The van der Waals surface area contributed by atoms with Gasteiger partial charge in [0.15, 0.2) is 0 Å². The second kappa shape index (κ2) is 8.65. The van der Waals surface area contributed by atoms with Gasteiger partial charge in [-0.1, -0.05) is 35.9 Å². The molecule has 0 fully saturated rings. The number of furan rings is 1. The highest BCUT2D eigenvalue weighted by molar-refractivity contribution is 6.30. The molecule has 134 valence electrons. The first-order valence-electron chi connectivity index (χ1n) is 8.03. The molecule has 0 saturated heterocycles. The number of halogens is 2. The predicted octanol–water partition coefficient (Wildman–Crippen LogP) is 4.72. The summed E-state index contributed by atoms with van der Waals surface area (Å²) in [5.41, 5.74) is 1.83. The van der Waals surface area contributed by atoms with Crippen molar-refractivity contribution in [2.24, 2.45) is 0 Å². The molecule has 0 spiro atoms. The second-order valence-corrected chi connectivity index (χ2v) is 6.14. The minimum Gasteiger partial charge on any atom is -0.467 e. The standard InChI is InChI=1S/C20H17ClFNO3/c21-16-6-7-18(19(22)10-16)20(24)23-11-14-3-1-4-15(9-14)12-25-13-17-5-2-8-26-17/h1-10H,11-13H2,(H,23,24). The van der Waals surface area contributed by atoms with Crippen LogP contribution in [0.15, 0.2) is 65.3 Å². The molecule has 3 rings (SSSR count). The van der Waals surface area contributed by atoms with Crippen molar-refractivity contribution >= 4 is 17.5 Å². The Hall–Kier alpha value is -2.63. The monoisotopic (exact) mass is 373 g/mol. The lowest BCUT2D eigenvalue weighted by atomic mass is 10.1. The third kappa shape index (κ3) is 4.94. The number of amides is 1. The molecular weight excluding hydrogens is 357 g/mol. The Kier molecular flexibility index (Phi) is 6.04. The summed E-state index contributed by atoms with van der Waals surface area (Å²) in [7, 11) is 0. The van der Waals surface area contributed by atoms with Crippen LogP contribution >= 0.6 is 11.6 Å². The summed E-state index contributed by atoms with van der Waals surface area (Å²) >= 11 is 5.70. The molecular formula is C20H17ClFNO3. The van der Waals surface area contributed by atoms with E-state index in [0.29, 0.717) is 13.2 Å². The molecule has 3 aromatic rings. The molecule has 0 radical (unpaired) electrons. The molecule has 0 atom stereocenters. The van der Waals surface area contributed by atoms with Crippen LogP contribution in [0.1, 0.15) is 27.2 Å². The topological polar surface area (TPSA) is 51.5 Å². The minimum atomic E-state index is -0.643. The largest absolute Gasteiger partial charge is 0.467 e. The van der Waals surface area contributed by atoms with E-state index in [9.17, 15) is 9.18 Å². The Morgan fingerprint density at radius 1 is 1.08 bits per heavy atom. The second-order valence-electron chi connectivity index (χ2n) is 5.70. The number of benzene rings is 2. The van der Waals surface area contributed by atoms with Crippen LogP contribution in [0.2, 0.25) is 5.02 Å². The Labute approximate surface area is 155 Å². The minimum absolute atomic E-state index is 0.0349. The molecule has 26 heavy (non-hydrogen) atoms. The van der Waals surface area contributed by atoms with Gasteiger partial charge in [0, 0.05) is 11.6 Å². The fourth-order valence-electron chi connectivity index (χ4n) is 2.44. The molecule has 0 bridgehead atoms. The average molecular weight is 374 g/mol. The van der Waals surface area contributed by atoms with Crippen LogP contribution in [0.5, 0.6) is 0 Å². The van der Waals surface area contributed by atoms with Crippen LogP contribution in [0, 0.1) is 5.82 Å². The first kappa shape index (κ1) is 18.2. The zero-order valence-corrected chi connectivity index (χ0v) is 14.6. The molecule has 4 nitrogen and oxygen atoms in total. The lowest BCUT2D eigenvalue weighted by Crippen LogP contribution is -2.23. The van der Waals surface area contributed by atoms with Crippen molar-refractivity contribution in [2.45, 2.75) is 19.8 Å². The third-order valence-electron chi connectivity index (χ3n) is 3.71. The van der Waals surface area contributed by atoms with Gasteiger partial charge in [-0.15, -0.1) is 0 Å². The van der Waals surface area contributed by atoms with Gasteiger partial charge in [-0.05, 0) is 41.5 Å². The lowest BCUT2D eigenvalue weighted by molar-refractivity contribution is 0.0928. The van der Waals surface area contributed by atoms with Gasteiger partial charge in [0.05, 0.1) is 18.4 Å². The maximum absolute atomic E-state index is 13.8. The summed E-state index contributed by atoms with van der Waals surface area (Å²) in [5.74, 6) is -0.368. The quantitative estimate of drug-likeness (QED) is 0.652. The maximum atomic E-state index is 13.8. The third-order valence-corrected chi connectivity index (χ3v) is 3.95. The zero-order chi connectivity index (χ0) is 18.4. The van der Waals surface area contributed by atoms with Crippen molar-refractivity contribution in [3.8, 4) is 0 Å². The van der Waals surface area contributed by atoms with Gasteiger partial charge in [0.1, 0.15) is 18.2 Å². The first-order chi connectivity index (χ1) is 12.6. The van der Waals surface area contributed by atoms with Crippen molar-refractivity contribution in [2.75, 3.05) is 0 Å². The first-order valence-corrected chi connectivity index (χ1v) is 8.41. The van der Waals surface area contributed by atoms with Crippen molar-refractivity contribution in [3.05, 3.63) is 94.2 Å². The number of rotatable bonds is 7. The number of ether oxygens (including phenoxy) is 1.